The van der Waals surface area contributed by atoms with Crippen LogP contribution >= 0.6 is 11.6 Å². The summed E-state index contributed by atoms with van der Waals surface area (Å²) in [6, 6.07) is 8.08. The number of ether oxygens (including phenoxy) is 5. The summed E-state index contributed by atoms with van der Waals surface area (Å²) in [6.07, 6.45) is 1.94. The Hall–Kier alpha value is -3.98. The van der Waals surface area contributed by atoms with Gasteiger partial charge in [-0.25, -0.2) is 0 Å². The number of ketones is 1. The summed E-state index contributed by atoms with van der Waals surface area (Å²) in [7, 11) is 4.53. The Bertz CT molecular complexity index is 1300. The number of halogens is 1. The van der Waals surface area contributed by atoms with Crippen molar-refractivity contribution in [1.29, 1.82) is 0 Å². The second-order valence-corrected chi connectivity index (χ2v) is 7.99. The first-order chi connectivity index (χ1) is 16.8. The molecule has 182 valence electrons. The molecule has 0 atom stereocenters. The molecular weight excluding hydrogens is 478 g/mol. The maximum atomic E-state index is 13.0. The maximum Gasteiger partial charge on any atom is 0.311 e. The van der Waals surface area contributed by atoms with Gasteiger partial charge in [-0.15, -0.1) is 0 Å². The van der Waals surface area contributed by atoms with E-state index in [1.165, 1.54) is 33.5 Å². The molecule has 0 bridgehead atoms. The zero-order valence-corrected chi connectivity index (χ0v) is 20.2. The Morgan fingerprint density at radius 2 is 1.77 bits per heavy atom. The summed E-state index contributed by atoms with van der Waals surface area (Å²) in [5.74, 6) is 1.73. The fourth-order valence-corrected chi connectivity index (χ4v) is 3.84. The van der Waals surface area contributed by atoms with Crippen LogP contribution in [0.1, 0.15) is 33.7 Å². The average Bonchev–Trinajstić information content (AvgIpc) is 3.39. The molecule has 4 rings (SSSR count). The van der Waals surface area contributed by atoms with E-state index in [1.807, 2.05) is 0 Å². The molecule has 1 aliphatic heterocycles. The van der Waals surface area contributed by atoms with Gasteiger partial charge in [-0.1, -0.05) is 16.8 Å². The molecule has 9 nitrogen and oxygen atoms in total. The number of allylic oxidation sites excluding steroid dienone is 1. The number of hydrogen-bond acceptors (Lipinski definition) is 9. The zero-order valence-electron chi connectivity index (χ0n) is 19.5. The highest BCUT2D eigenvalue weighted by molar-refractivity contribution is 6.29. The number of fused-ring (bicyclic) bond motifs is 1. The highest BCUT2D eigenvalue weighted by atomic mass is 35.5. The van der Waals surface area contributed by atoms with Gasteiger partial charge in [-0.3, -0.25) is 9.59 Å². The molecule has 0 saturated carbocycles. The fraction of sp³-hybridized carbons (Fsp3) is 0.240. The number of benzene rings is 2. The quantitative estimate of drug-likeness (QED) is 0.245. The van der Waals surface area contributed by atoms with E-state index in [-0.39, 0.29) is 28.9 Å². The largest absolute Gasteiger partial charge is 0.493 e. The summed E-state index contributed by atoms with van der Waals surface area (Å²) in [6.45, 7) is 1.75. The monoisotopic (exact) mass is 499 g/mol. The van der Waals surface area contributed by atoms with Crippen molar-refractivity contribution in [2.75, 3.05) is 21.3 Å². The summed E-state index contributed by atoms with van der Waals surface area (Å²) < 4.78 is 32.3. The highest BCUT2D eigenvalue weighted by Gasteiger charge is 2.30. The van der Waals surface area contributed by atoms with Gasteiger partial charge in [0.1, 0.15) is 17.3 Å². The minimum atomic E-state index is -0.477. The minimum absolute atomic E-state index is 0.0632. The Kier molecular flexibility index (Phi) is 6.97. The van der Waals surface area contributed by atoms with Gasteiger partial charge in [-0.2, -0.15) is 0 Å². The van der Waals surface area contributed by atoms with Crippen molar-refractivity contribution in [2.45, 2.75) is 19.8 Å². The van der Waals surface area contributed by atoms with Gasteiger partial charge in [0.2, 0.25) is 11.5 Å². The van der Waals surface area contributed by atoms with Crippen molar-refractivity contribution < 1.29 is 37.8 Å². The lowest BCUT2D eigenvalue weighted by Gasteiger charge is -2.13. The SMILES string of the molecule is COc1cc(/C=C2\Oc3cc(OC(=O)CCc4cc(Cl)no4)cc(C)c3C2=O)cc(OC)c1OC. The second kappa shape index (κ2) is 10.1. The molecule has 0 N–H and O–H groups in total. The van der Waals surface area contributed by atoms with Crippen LogP contribution in [0.3, 0.4) is 0 Å². The standard InChI is InChI=1S/C25H22ClNO8/c1-13-7-16(33-22(28)6-5-15-12-21(26)27-35-15)11-17-23(13)24(29)18(34-17)8-14-9-19(30-2)25(32-4)20(10-14)31-3/h7-12H,5-6H2,1-4H3/b18-8-. The molecule has 1 aromatic heterocycles. The van der Waals surface area contributed by atoms with Crippen LogP contribution in [0.15, 0.2) is 40.6 Å². The van der Waals surface area contributed by atoms with Crippen LogP contribution in [0.2, 0.25) is 5.15 Å². The lowest BCUT2D eigenvalue weighted by molar-refractivity contribution is -0.134. The van der Waals surface area contributed by atoms with Crippen molar-refractivity contribution in [3.05, 3.63) is 63.7 Å². The number of carbonyl (C=O) groups excluding carboxylic acids is 2. The Morgan fingerprint density at radius 1 is 1.06 bits per heavy atom. The first kappa shape index (κ1) is 24.2. The third-order valence-corrected chi connectivity index (χ3v) is 5.44. The summed E-state index contributed by atoms with van der Waals surface area (Å²) in [5.41, 5.74) is 1.64. The van der Waals surface area contributed by atoms with Crippen LogP contribution in [-0.2, 0) is 11.2 Å². The van der Waals surface area contributed by atoms with E-state index < -0.39 is 5.97 Å². The number of esters is 1. The molecule has 0 spiro atoms. The van der Waals surface area contributed by atoms with Gasteiger partial charge in [0.25, 0.3) is 0 Å². The average molecular weight is 500 g/mol. The third-order valence-electron chi connectivity index (χ3n) is 5.27. The first-order valence-corrected chi connectivity index (χ1v) is 10.9. The zero-order chi connectivity index (χ0) is 25.1. The molecule has 0 unspecified atom stereocenters. The number of aryl methyl sites for hydroxylation is 2. The van der Waals surface area contributed by atoms with Crippen molar-refractivity contribution in [1.82, 2.24) is 5.16 Å². The predicted molar refractivity (Wildman–Crippen MR) is 126 cm³/mol. The molecular formula is C25H22ClNO8. The molecule has 1 aliphatic rings. The third kappa shape index (κ3) is 5.09. The lowest BCUT2D eigenvalue weighted by atomic mass is 10.0. The normalized spacial score (nSPS) is 13.4. The number of carbonyl (C=O) groups is 2. The molecule has 0 fully saturated rings. The molecule has 0 amide bonds. The molecule has 0 aliphatic carbocycles. The van der Waals surface area contributed by atoms with Crippen LogP contribution < -0.4 is 23.7 Å². The van der Waals surface area contributed by atoms with Crippen LogP contribution in [0.25, 0.3) is 6.08 Å². The second-order valence-electron chi connectivity index (χ2n) is 7.60. The van der Waals surface area contributed by atoms with E-state index in [9.17, 15) is 9.59 Å². The summed E-state index contributed by atoms with van der Waals surface area (Å²) in [4.78, 5) is 25.3. The van der Waals surface area contributed by atoms with Gasteiger partial charge in [-0.05, 0) is 42.3 Å². The van der Waals surface area contributed by atoms with Crippen molar-refractivity contribution in [3.8, 4) is 28.7 Å². The number of aromatic nitrogens is 1. The molecule has 0 radical (unpaired) electrons. The van der Waals surface area contributed by atoms with Gasteiger partial charge < -0.3 is 28.2 Å². The number of Topliss-reactive ketones (excluding diaryl/α,β-unsaturated/α-hetero) is 1. The number of rotatable bonds is 8. The fourth-order valence-electron chi connectivity index (χ4n) is 3.69. The first-order valence-electron chi connectivity index (χ1n) is 10.5. The van der Waals surface area contributed by atoms with E-state index in [4.69, 9.17) is 39.8 Å². The van der Waals surface area contributed by atoms with Gasteiger partial charge in [0.15, 0.2) is 22.4 Å². The van der Waals surface area contributed by atoms with E-state index in [0.717, 1.165) is 0 Å². The van der Waals surface area contributed by atoms with Gasteiger partial charge in [0.05, 0.1) is 33.3 Å². The van der Waals surface area contributed by atoms with Crippen LogP contribution in [0, 0.1) is 6.92 Å². The van der Waals surface area contributed by atoms with E-state index in [1.54, 1.807) is 31.2 Å². The number of hydrogen-bond donors (Lipinski definition) is 0. The van der Waals surface area contributed by atoms with Crippen molar-refractivity contribution in [2.24, 2.45) is 0 Å². The Morgan fingerprint density at radius 3 is 2.37 bits per heavy atom. The van der Waals surface area contributed by atoms with E-state index in [2.05, 4.69) is 5.16 Å². The Labute approximate surface area is 206 Å². The number of methoxy groups -OCH3 is 3. The van der Waals surface area contributed by atoms with E-state index >= 15 is 0 Å². The summed E-state index contributed by atoms with van der Waals surface area (Å²) in [5, 5.41) is 3.79. The smallest absolute Gasteiger partial charge is 0.311 e. The van der Waals surface area contributed by atoms with Crippen molar-refractivity contribution in [3.63, 3.8) is 0 Å². The topological polar surface area (TPSA) is 106 Å². The molecule has 3 aromatic rings. The predicted octanol–water partition coefficient (Wildman–Crippen LogP) is 4.82. The van der Waals surface area contributed by atoms with Crippen molar-refractivity contribution >= 4 is 29.4 Å². The molecule has 2 aromatic carbocycles. The van der Waals surface area contributed by atoms with Crippen LogP contribution in [0.5, 0.6) is 28.7 Å². The van der Waals surface area contributed by atoms with Crippen LogP contribution in [0.4, 0.5) is 0 Å². The lowest BCUT2D eigenvalue weighted by Crippen LogP contribution is -2.09. The highest BCUT2D eigenvalue weighted by Crippen LogP contribution is 2.41. The van der Waals surface area contributed by atoms with E-state index in [0.29, 0.717) is 51.9 Å². The molecule has 0 saturated heterocycles. The molecule has 10 heteroatoms. The van der Waals surface area contributed by atoms with Crippen LogP contribution in [-0.4, -0.2) is 38.2 Å². The number of nitrogens with zero attached hydrogens (tertiary/aromatic N) is 1. The minimum Gasteiger partial charge on any atom is -0.493 e. The Balaban J connectivity index is 1.53. The van der Waals surface area contributed by atoms with Gasteiger partial charge >= 0.3 is 5.97 Å². The summed E-state index contributed by atoms with van der Waals surface area (Å²) >= 11 is 5.71. The van der Waals surface area contributed by atoms with Gasteiger partial charge in [0, 0.05) is 18.6 Å². The molecule has 2 heterocycles. The maximum absolute atomic E-state index is 13.0. The molecule has 35 heavy (non-hydrogen) atoms.